The van der Waals surface area contributed by atoms with Gasteiger partial charge in [0.2, 0.25) is 0 Å². The lowest BCUT2D eigenvalue weighted by atomic mass is 9.99. The highest BCUT2D eigenvalue weighted by Crippen LogP contribution is 2.25. The van der Waals surface area contributed by atoms with Gasteiger partial charge in [0.05, 0.1) is 0 Å². The topological polar surface area (TPSA) is 34.7 Å². The fourth-order valence-electron chi connectivity index (χ4n) is 2.40. The van der Waals surface area contributed by atoms with Crippen LogP contribution in [0.4, 0.5) is 5.69 Å². The molecule has 3 heteroatoms. The van der Waals surface area contributed by atoms with Gasteiger partial charge in [-0.25, -0.2) is 0 Å². The molecule has 108 valence electrons. The third-order valence-corrected chi connectivity index (χ3v) is 3.60. The molecule has 1 aliphatic heterocycles. The molecule has 0 spiro atoms. The van der Waals surface area contributed by atoms with Crippen LogP contribution in [-0.2, 0) is 13.0 Å². The van der Waals surface area contributed by atoms with Gasteiger partial charge >= 0.3 is 0 Å². The minimum atomic E-state index is 0. The first-order valence-electron chi connectivity index (χ1n) is 6.94. The van der Waals surface area contributed by atoms with Crippen LogP contribution in [0.15, 0.2) is 53.4 Å². The maximum Gasteiger partial charge on any atom is 0.0432 e. The van der Waals surface area contributed by atoms with Gasteiger partial charge in [-0.15, -0.1) is 12.6 Å². The lowest BCUT2D eigenvalue weighted by Crippen LogP contribution is -2.30. The first-order valence-corrected chi connectivity index (χ1v) is 7.38. The minimum Gasteiger partial charge on any atom is -0.412 e. The minimum absolute atomic E-state index is 0. The average molecular weight is 289 g/mol. The molecule has 0 bridgehead atoms. The maximum atomic E-state index is 4.42. The molecular formula is C17H23NOS. The molecule has 0 atom stereocenters. The molecule has 20 heavy (non-hydrogen) atoms. The molecule has 0 aromatic heterocycles. The van der Waals surface area contributed by atoms with E-state index in [9.17, 15) is 0 Å². The quantitative estimate of drug-likeness (QED) is 0.797. The van der Waals surface area contributed by atoms with Gasteiger partial charge < -0.3 is 10.4 Å². The Morgan fingerprint density at radius 2 is 1.65 bits per heavy atom. The van der Waals surface area contributed by atoms with E-state index < -0.39 is 0 Å². The Kier molecular flexibility index (Phi) is 6.62. The molecule has 0 saturated heterocycles. The van der Waals surface area contributed by atoms with Crippen LogP contribution < -0.4 is 4.90 Å². The molecule has 0 radical (unpaired) electrons. The fourth-order valence-corrected chi connectivity index (χ4v) is 2.63. The number of fused-ring (bicyclic) bond motifs is 1. The third-order valence-electron chi connectivity index (χ3n) is 3.32. The van der Waals surface area contributed by atoms with Crippen LogP contribution in [0.3, 0.4) is 0 Å². The number of thiol groups is 1. The highest BCUT2D eigenvalue weighted by molar-refractivity contribution is 7.80. The van der Waals surface area contributed by atoms with Gasteiger partial charge in [-0.3, -0.25) is 0 Å². The molecule has 0 fully saturated rings. The summed E-state index contributed by atoms with van der Waals surface area (Å²) in [6.07, 6.45) is 1.12. The highest BCUT2D eigenvalue weighted by atomic mass is 32.1. The molecule has 1 heterocycles. The van der Waals surface area contributed by atoms with Crippen molar-refractivity contribution >= 4 is 18.3 Å². The number of nitrogens with zero attached hydrogens (tertiary/aromatic N) is 1. The normalized spacial score (nSPS) is 12.7. The monoisotopic (exact) mass is 289 g/mol. The van der Waals surface area contributed by atoms with Crippen molar-refractivity contribution in [2.75, 3.05) is 11.4 Å². The first kappa shape index (κ1) is 16.6. The highest BCUT2D eigenvalue weighted by Gasteiger charge is 2.16. The Bertz CT molecular complexity index is 528. The van der Waals surface area contributed by atoms with Crippen molar-refractivity contribution < 1.29 is 5.48 Å². The molecule has 2 N–H and O–H groups in total. The van der Waals surface area contributed by atoms with E-state index in [1.807, 2.05) is 13.8 Å². The molecule has 2 aromatic rings. The zero-order valence-corrected chi connectivity index (χ0v) is 13.0. The van der Waals surface area contributed by atoms with Crippen LogP contribution in [0.25, 0.3) is 0 Å². The van der Waals surface area contributed by atoms with Crippen molar-refractivity contribution in [3.63, 3.8) is 0 Å². The summed E-state index contributed by atoms with van der Waals surface area (Å²) in [7, 11) is 0. The lowest BCUT2D eigenvalue weighted by molar-refractivity contribution is 0.729. The van der Waals surface area contributed by atoms with Crippen molar-refractivity contribution in [1.29, 1.82) is 0 Å². The number of benzene rings is 2. The van der Waals surface area contributed by atoms with Crippen LogP contribution in [0.2, 0.25) is 0 Å². The molecule has 3 rings (SSSR count). The predicted octanol–water partition coefficient (Wildman–Crippen LogP) is 3.74. The average Bonchev–Trinajstić information content (AvgIpc) is 2.49. The Balaban J connectivity index is 0.000000639. The number of para-hydroxylation sites is 1. The number of hydrogen-bond acceptors (Lipinski definition) is 2. The van der Waals surface area contributed by atoms with Gasteiger partial charge in [0, 0.05) is 23.7 Å². The summed E-state index contributed by atoms with van der Waals surface area (Å²) in [5.74, 6) is 0. The van der Waals surface area contributed by atoms with Crippen LogP contribution in [0.1, 0.15) is 25.0 Å². The molecular weight excluding hydrogens is 266 g/mol. The van der Waals surface area contributed by atoms with Gasteiger partial charge in [0.25, 0.3) is 0 Å². The van der Waals surface area contributed by atoms with E-state index in [-0.39, 0.29) is 5.48 Å². The van der Waals surface area contributed by atoms with E-state index in [0.717, 1.165) is 24.4 Å². The summed E-state index contributed by atoms with van der Waals surface area (Å²) in [6, 6.07) is 17.1. The smallest absolute Gasteiger partial charge is 0.0432 e. The number of hydrogen-bond donors (Lipinski definition) is 1. The van der Waals surface area contributed by atoms with Crippen molar-refractivity contribution in [2.45, 2.75) is 31.7 Å². The Morgan fingerprint density at radius 1 is 0.950 bits per heavy atom. The zero-order chi connectivity index (χ0) is 13.7. The summed E-state index contributed by atoms with van der Waals surface area (Å²) in [6.45, 7) is 6.09. The molecule has 2 aromatic carbocycles. The Labute approximate surface area is 127 Å². The summed E-state index contributed by atoms with van der Waals surface area (Å²) in [4.78, 5) is 3.48. The fraction of sp³-hybridized carbons (Fsp3) is 0.294. The molecule has 1 aliphatic rings. The van der Waals surface area contributed by atoms with Crippen molar-refractivity contribution in [3.8, 4) is 0 Å². The van der Waals surface area contributed by atoms with Gasteiger partial charge in [-0.1, -0.05) is 38.1 Å². The maximum absolute atomic E-state index is 4.42. The van der Waals surface area contributed by atoms with Gasteiger partial charge in [0.1, 0.15) is 0 Å². The van der Waals surface area contributed by atoms with E-state index in [4.69, 9.17) is 0 Å². The molecule has 0 aliphatic carbocycles. The van der Waals surface area contributed by atoms with Gasteiger partial charge in [0.15, 0.2) is 0 Å². The standard InChI is InChI=1S/C15H15NS.C2H6.H2O/c17-15-7-6-12-8-9-16(11-13(12)10-15)14-4-2-1-3-5-14;1-2;/h1-7,10,17H,8-9,11H2;1-2H3;1H2. The van der Waals surface area contributed by atoms with E-state index in [2.05, 4.69) is 66.1 Å². The summed E-state index contributed by atoms with van der Waals surface area (Å²) >= 11 is 4.42. The van der Waals surface area contributed by atoms with Crippen LogP contribution in [0.5, 0.6) is 0 Å². The molecule has 2 nitrogen and oxygen atoms in total. The summed E-state index contributed by atoms with van der Waals surface area (Å²) in [5.41, 5.74) is 4.19. The third kappa shape index (κ3) is 3.78. The van der Waals surface area contributed by atoms with Crippen molar-refractivity contribution in [3.05, 3.63) is 59.7 Å². The van der Waals surface area contributed by atoms with Crippen LogP contribution >= 0.6 is 12.6 Å². The second-order valence-corrected chi connectivity index (χ2v) is 4.98. The first-order chi connectivity index (χ1) is 9.33. The van der Waals surface area contributed by atoms with E-state index in [1.165, 1.54) is 16.8 Å². The Morgan fingerprint density at radius 3 is 2.35 bits per heavy atom. The zero-order valence-electron chi connectivity index (χ0n) is 12.1. The molecule has 0 unspecified atom stereocenters. The number of rotatable bonds is 1. The number of anilines is 1. The lowest BCUT2D eigenvalue weighted by Gasteiger charge is -2.30. The molecule has 0 amide bonds. The van der Waals surface area contributed by atoms with Gasteiger partial charge in [-0.2, -0.15) is 0 Å². The van der Waals surface area contributed by atoms with E-state index in [0.29, 0.717) is 0 Å². The Hall–Kier alpha value is -1.45. The van der Waals surface area contributed by atoms with Crippen LogP contribution in [-0.4, -0.2) is 12.0 Å². The predicted molar refractivity (Wildman–Crippen MR) is 89.9 cm³/mol. The second kappa shape index (κ2) is 7.98. The van der Waals surface area contributed by atoms with Crippen molar-refractivity contribution in [2.24, 2.45) is 0 Å². The van der Waals surface area contributed by atoms with Gasteiger partial charge in [-0.05, 0) is 41.8 Å². The second-order valence-electron chi connectivity index (χ2n) is 4.46. The van der Waals surface area contributed by atoms with E-state index in [1.54, 1.807) is 0 Å². The molecule has 0 saturated carbocycles. The van der Waals surface area contributed by atoms with E-state index >= 15 is 0 Å². The SMILES string of the molecule is CC.O.Sc1ccc2c(c1)CN(c1ccccc1)CC2. The largest absolute Gasteiger partial charge is 0.412 e. The summed E-state index contributed by atoms with van der Waals surface area (Å²) in [5, 5.41) is 0. The van der Waals surface area contributed by atoms with Crippen LogP contribution in [0, 0.1) is 0 Å². The van der Waals surface area contributed by atoms with Crippen molar-refractivity contribution in [1.82, 2.24) is 0 Å². The summed E-state index contributed by atoms with van der Waals surface area (Å²) < 4.78 is 0.